The summed E-state index contributed by atoms with van der Waals surface area (Å²) in [5.74, 6) is 2.62. The van der Waals surface area contributed by atoms with E-state index in [9.17, 15) is 4.79 Å². The van der Waals surface area contributed by atoms with Crippen molar-refractivity contribution in [3.8, 4) is 17.2 Å². The molecule has 0 radical (unpaired) electrons. The minimum absolute atomic E-state index is 0.0786. The number of nitrogens with zero attached hydrogens (tertiary/aromatic N) is 2. The van der Waals surface area contributed by atoms with Crippen molar-refractivity contribution in [2.45, 2.75) is 32.7 Å². The Morgan fingerprint density at radius 1 is 1.16 bits per heavy atom. The number of carbonyl (C=O) groups excluding carboxylic acids is 1. The number of benzene rings is 2. The summed E-state index contributed by atoms with van der Waals surface area (Å²) in [5, 5.41) is 3.11. The van der Waals surface area contributed by atoms with Gasteiger partial charge in [-0.05, 0) is 69.1 Å². The first-order valence-electron chi connectivity index (χ1n) is 11.3. The maximum atomic E-state index is 12.6. The molecule has 0 spiro atoms. The maximum absolute atomic E-state index is 12.6. The number of aromatic nitrogens is 1. The lowest BCUT2D eigenvalue weighted by Gasteiger charge is -2.30. The van der Waals surface area contributed by atoms with Gasteiger partial charge in [0.25, 0.3) is 0 Å². The van der Waals surface area contributed by atoms with Crippen molar-refractivity contribution in [1.82, 2.24) is 15.2 Å². The zero-order chi connectivity index (χ0) is 22.3. The Morgan fingerprint density at radius 3 is 2.69 bits per heavy atom. The molecule has 6 nitrogen and oxygen atoms in total. The van der Waals surface area contributed by atoms with Gasteiger partial charge in [-0.2, -0.15) is 0 Å². The first-order chi connectivity index (χ1) is 15.6. The zero-order valence-corrected chi connectivity index (χ0v) is 18.8. The molecule has 0 atom stereocenters. The number of hydrogen-bond donors (Lipinski definition) is 1. The molecule has 6 heteroatoms. The van der Waals surface area contributed by atoms with E-state index in [1.807, 2.05) is 55.5 Å². The third-order valence-electron chi connectivity index (χ3n) is 6.09. The molecule has 2 aromatic carbocycles. The molecule has 2 heterocycles. The monoisotopic (exact) mass is 433 g/mol. The number of methoxy groups -OCH3 is 1. The lowest BCUT2D eigenvalue weighted by atomic mass is 9.95. The Morgan fingerprint density at radius 2 is 1.94 bits per heavy atom. The fraction of sp³-hybridized carbons (Fsp3) is 0.385. The highest BCUT2D eigenvalue weighted by Gasteiger charge is 2.26. The van der Waals surface area contributed by atoms with Crippen LogP contribution in [-0.4, -0.2) is 42.5 Å². The number of carbonyl (C=O) groups is 1. The number of hydrogen-bond acceptors (Lipinski definition) is 5. The molecule has 1 aliphatic rings. The van der Waals surface area contributed by atoms with Gasteiger partial charge in [-0.3, -0.25) is 9.69 Å². The second kappa shape index (κ2) is 10.5. The number of piperidine rings is 1. The van der Waals surface area contributed by atoms with Gasteiger partial charge in [-0.25, -0.2) is 4.98 Å². The lowest BCUT2D eigenvalue weighted by Crippen LogP contribution is -2.40. The van der Waals surface area contributed by atoms with E-state index in [1.165, 1.54) is 0 Å². The SMILES string of the molecule is COc1cccc(CCNC(=O)C2CCN(Cc3nc(-c4ccccc4)oc3C)CC2)c1. The first kappa shape index (κ1) is 22.1. The molecule has 1 aliphatic heterocycles. The second-order valence-electron chi connectivity index (χ2n) is 8.33. The van der Waals surface area contributed by atoms with Crippen LogP contribution < -0.4 is 10.1 Å². The third kappa shape index (κ3) is 5.56. The van der Waals surface area contributed by atoms with E-state index in [-0.39, 0.29) is 11.8 Å². The maximum Gasteiger partial charge on any atom is 0.226 e. The van der Waals surface area contributed by atoms with Crippen LogP contribution in [0.25, 0.3) is 11.5 Å². The minimum atomic E-state index is 0.0786. The average molecular weight is 434 g/mol. The van der Waals surface area contributed by atoms with Gasteiger partial charge in [0.2, 0.25) is 11.8 Å². The Kier molecular flexibility index (Phi) is 7.22. The summed E-state index contributed by atoms with van der Waals surface area (Å²) in [6.45, 7) is 5.15. The molecule has 32 heavy (non-hydrogen) atoms. The average Bonchev–Trinajstić information content (AvgIpc) is 3.20. The van der Waals surface area contributed by atoms with Crippen molar-refractivity contribution >= 4 is 5.91 Å². The molecule has 1 saturated heterocycles. The van der Waals surface area contributed by atoms with Crippen LogP contribution in [0.3, 0.4) is 0 Å². The predicted octanol–water partition coefficient (Wildman–Crippen LogP) is 4.23. The van der Waals surface area contributed by atoms with Gasteiger partial charge in [0.1, 0.15) is 11.5 Å². The molecule has 0 aliphatic carbocycles. The molecule has 1 amide bonds. The van der Waals surface area contributed by atoms with Gasteiger partial charge in [0.05, 0.1) is 12.8 Å². The number of amides is 1. The molecule has 3 aromatic rings. The molecule has 1 fully saturated rings. The van der Waals surface area contributed by atoms with E-state index >= 15 is 0 Å². The van der Waals surface area contributed by atoms with Gasteiger partial charge in [-0.1, -0.05) is 30.3 Å². The van der Waals surface area contributed by atoms with Crippen molar-refractivity contribution in [3.63, 3.8) is 0 Å². The van der Waals surface area contributed by atoms with Crippen molar-refractivity contribution < 1.29 is 13.9 Å². The number of rotatable bonds is 8. The van der Waals surface area contributed by atoms with Crippen molar-refractivity contribution in [3.05, 3.63) is 71.6 Å². The van der Waals surface area contributed by atoms with E-state index in [1.54, 1.807) is 7.11 Å². The molecule has 0 saturated carbocycles. The van der Waals surface area contributed by atoms with Crippen LogP contribution in [-0.2, 0) is 17.8 Å². The summed E-state index contributed by atoms with van der Waals surface area (Å²) in [6.07, 6.45) is 2.54. The highest BCUT2D eigenvalue weighted by Crippen LogP contribution is 2.24. The molecule has 0 bridgehead atoms. The topological polar surface area (TPSA) is 67.6 Å². The van der Waals surface area contributed by atoms with Crippen LogP contribution in [0.4, 0.5) is 0 Å². The molecule has 0 unspecified atom stereocenters. The molecule has 1 aromatic heterocycles. The van der Waals surface area contributed by atoms with E-state index in [4.69, 9.17) is 14.1 Å². The summed E-state index contributed by atoms with van der Waals surface area (Å²) in [6, 6.07) is 18.0. The minimum Gasteiger partial charge on any atom is -0.497 e. The van der Waals surface area contributed by atoms with Gasteiger partial charge in [-0.15, -0.1) is 0 Å². The number of aryl methyl sites for hydroxylation is 1. The van der Waals surface area contributed by atoms with E-state index in [0.29, 0.717) is 12.4 Å². The second-order valence-corrected chi connectivity index (χ2v) is 8.33. The number of ether oxygens (including phenoxy) is 1. The summed E-state index contributed by atoms with van der Waals surface area (Å²) in [4.78, 5) is 19.7. The number of oxazole rings is 1. The van der Waals surface area contributed by atoms with Crippen LogP contribution in [0, 0.1) is 12.8 Å². The van der Waals surface area contributed by atoms with Crippen molar-refractivity contribution in [1.29, 1.82) is 0 Å². The fourth-order valence-corrected chi connectivity index (χ4v) is 4.15. The number of likely N-dealkylation sites (tertiary alicyclic amines) is 1. The molecular formula is C26H31N3O3. The van der Waals surface area contributed by atoms with Gasteiger partial charge in [0, 0.05) is 24.6 Å². The molecule has 1 N–H and O–H groups in total. The van der Waals surface area contributed by atoms with E-state index in [2.05, 4.69) is 16.3 Å². The third-order valence-corrected chi connectivity index (χ3v) is 6.09. The van der Waals surface area contributed by atoms with E-state index < -0.39 is 0 Å². The van der Waals surface area contributed by atoms with Crippen LogP contribution >= 0.6 is 0 Å². The standard InChI is InChI=1S/C26H31N3O3/c1-19-24(28-26(32-19)22-8-4-3-5-9-22)18-29-15-12-21(13-16-29)25(30)27-14-11-20-7-6-10-23(17-20)31-2/h3-10,17,21H,11-16,18H2,1-2H3,(H,27,30). The predicted molar refractivity (Wildman–Crippen MR) is 124 cm³/mol. The van der Waals surface area contributed by atoms with Gasteiger partial charge < -0.3 is 14.5 Å². The largest absolute Gasteiger partial charge is 0.497 e. The van der Waals surface area contributed by atoms with Crippen LogP contribution in [0.15, 0.2) is 59.0 Å². The van der Waals surface area contributed by atoms with Crippen molar-refractivity contribution in [2.75, 3.05) is 26.7 Å². The Labute approximate surface area is 189 Å². The summed E-state index contributed by atoms with van der Waals surface area (Å²) in [5.41, 5.74) is 3.13. The molecule has 168 valence electrons. The highest BCUT2D eigenvalue weighted by atomic mass is 16.5. The van der Waals surface area contributed by atoms with Crippen LogP contribution in [0.1, 0.15) is 29.9 Å². The summed E-state index contributed by atoms with van der Waals surface area (Å²) >= 11 is 0. The normalized spacial score (nSPS) is 14.9. The molecular weight excluding hydrogens is 402 g/mol. The Hall–Kier alpha value is -3.12. The van der Waals surface area contributed by atoms with Gasteiger partial charge in [0.15, 0.2) is 0 Å². The Bertz CT molecular complexity index is 1020. The van der Waals surface area contributed by atoms with E-state index in [0.717, 1.165) is 67.2 Å². The lowest BCUT2D eigenvalue weighted by molar-refractivity contribution is -0.126. The number of nitrogens with one attached hydrogen (secondary N) is 1. The highest BCUT2D eigenvalue weighted by molar-refractivity contribution is 5.78. The van der Waals surface area contributed by atoms with Crippen LogP contribution in [0.2, 0.25) is 0 Å². The zero-order valence-electron chi connectivity index (χ0n) is 18.8. The summed E-state index contributed by atoms with van der Waals surface area (Å²) in [7, 11) is 1.67. The Balaban J connectivity index is 1.23. The first-order valence-corrected chi connectivity index (χ1v) is 11.3. The fourth-order valence-electron chi connectivity index (χ4n) is 4.15. The smallest absolute Gasteiger partial charge is 0.226 e. The van der Waals surface area contributed by atoms with Gasteiger partial charge >= 0.3 is 0 Å². The van der Waals surface area contributed by atoms with Crippen molar-refractivity contribution in [2.24, 2.45) is 5.92 Å². The molecule has 4 rings (SSSR count). The van der Waals surface area contributed by atoms with Crippen LogP contribution in [0.5, 0.6) is 5.75 Å². The summed E-state index contributed by atoms with van der Waals surface area (Å²) < 4.78 is 11.1. The quantitative estimate of drug-likeness (QED) is 0.576.